The molecule has 1 aromatic rings. The van der Waals surface area contributed by atoms with Gasteiger partial charge in [-0.05, 0) is 30.0 Å². The first kappa shape index (κ1) is 14.9. The van der Waals surface area contributed by atoms with Crippen LogP contribution in [0.4, 0.5) is 0 Å². The van der Waals surface area contributed by atoms with Crippen LogP contribution in [0.3, 0.4) is 0 Å². The number of benzene rings is 1. The number of rotatable bonds is 5. The summed E-state index contributed by atoms with van der Waals surface area (Å²) in [5.74, 6) is 0.885. The molecule has 0 spiro atoms. The fourth-order valence-electron chi connectivity index (χ4n) is 2.99. The summed E-state index contributed by atoms with van der Waals surface area (Å²) in [6, 6.07) is 8.37. The maximum Gasteiger partial charge on any atom is 0.0406 e. The summed E-state index contributed by atoms with van der Waals surface area (Å²) in [5, 5.41) is 2.82. The van der Waals surface area contributed by atoms with Crippen LogP contribution in [0, 0.1) is 5.92 Å². The average Bonchev–Trinajstić information content (AvgIpc) is 2.90. The Labute approximate surface area is 132 Å². The van der Waals surface area contributed by atoms with E-state index in [1.807, 2.05) is 12.1 Å². The Morgan fingerprint density at radius 2 is 1.61 bits per heavy atom. The maximum absolute atomic E-state index is 5.99. The van der Waals surface area contributed by atoms with Gasteiger partial charge in [-0.1, -0.05) is 81.3 Å². The number of hydrogen-bond donors (Lipinski definition) is 0. The van der Waals surface area contributed by atoms with Crippen molar-refractivity contribution in [3.05, 3.63) is 34.9 Å². The summed E-state index contributed by atoms with van der Waals surface area (Å²) < 4.78 is 0. The van der Waals surface area contributed by atoms with Crippen LogP contribution in [0.15, 0.2) is 24.3 Å². The molecule has 3 heteroatoms. The zero-order valence-corrected chi connectivity index (χ0v) is 14.4. The Bertz CT molecular complexity index is 365. The maximum atomic E-state index is 5.99. The molecule has 0 aliphatic heterocycles. The van der Waals surface area contributed by atoms with Crippen molar-refractivity contribution in [2.45, 2.75) is 37.5 Å². The minimum Gasteiger partial charge on any atom is -0.0918 e. The van der Waals surface area contributed by atoms with Gasteiger partial charge in [-0.2, -0.15) is 0 Å². The molecule has 1 saturated carbocycles. The first-order valence-corrected chi connectivity index (χ1v) is 9.20. The zero-order chi connectivity index (χ0) is 13.0. The van der Waals surface area contributed by atoms with Gasteiger partial charge in [0.25, 0.3) is 0 Å². The summed E-state index contributed by atoms with van der Waals surface area (Å²) >= 11 is 13.5. The zero-order valence-electron chi connectivity index (χ0n) is 10.5. The highest BCUT2D eigenvalue weighted by Crippen LogP contribution is 2.40. The van der Waals surface area contributed by atoms with Crippen LogP contribution < -0.4 is 0 Å². The van der Waals surface area contributed by atoms with E-state index in [-0.39, 0.29) is 5.41 Å². The van der Waals surface area contributed by atoms with Gasteiger partial charge in [-0.15, -0.1) is 0 Å². The minimum absolute atomic E-state index is 0.208. The molecule has 1 aliphatic carbocycles. The molecule has 1 fully saturated rings. The van der Waals surface area contributed by atoms with Crippen molar-refractivity contribution in [1.29, 1.82) is 0 Å². The number of alkyl halides is 2. The molecular formula is C15H19Br2Cl. The molecule has 0 aromatic heterocycles. The monoisotopic (exact) mass is 392 g/mol. The molecule has 0 bridgehead atoms. The lowest BCUT2D eigenvalue weighted by Crippen LogP contribution is -2.32. The predicted molar refractivity (Wildman–Crippen MR) is 87.3 cm³/mol. The van der Waals surface area contributed by atoms with Crippen molar-refractivity contribution in [3.63, 3.8) is 0 Å². The van der Waals surface area contributed by atoms with Gasteiger partial charge in [0.05, 0.1) is 0 Å². The van der Waals surface area contributed by atoms with Gasteiger partial charge in [-0.25, -0.2) is 0 Å². The van der Waals surface area contributed by atoms with Gasteiger partial charge in [-0.3, -0.25) is 0 Å². The van der Waals surface area contributed by atoms with Crippen LogP contribution in [0.25, 0.3) is 0 Å². The first-order chi connectivity index (χ1) is 8.70. The quantitative estimate of drug-likeness (QED) is 0.542. The molecule has 0 atom stereocenters. The third kappa shape index (κ3) is 3.32. The number of halogens is 3. The van der Waals surface area contributed by atoms with Crippen LogP contribution in [0.2, 0.25) is 5.02 Å². The van der Waals surface area contributed by atoms with Crippen molar-refractivity contribution >= 4 is 43.5 Å². The molecule has 1 aromatic carbocycles. The average molecular weight is 395 g/mol. The van der Waals surface area contributed by atoms with Crippen molar-refractivity contribution < 1.29 is 0 Å². The van der Waals surface area contributed by atoms with Crippen LogP contribution >= 0.6 is 43.5 Å². The lowest BCUT2D eigenvalue weighted by atomic mass is 9.76. The summed E-state index contributed by atoms with van der Waals surface area (Å²) in [6.07, 6.45) is 6.88. The summed E-state index contributed by atoms with van der Waals surface area (Å²) in [5.41, 5.74) is 1.60. The third-order valence-electron chi connectivity index (χ3n) is 4.12. The summed E-state index contributed by atoms with van der Waals surface area (Å²) in [7, 11) is 0. The van der Waals surface area contributed by atoms with E-state index in [1.165, 1.54) is 37.7 Å². The SMILES string of the molecule is Clc1ccc(C(CBr)(CBr)CC2CCCC2)cc1. The van der Waals surface area contributed by atoms with E-state index >= 15 is 0 Å². The van der Waals surface area contributed by atoms with Gasteiger partial charge < -0.3 is 0 Å². The van der Waals surface area contributed by atoms with E-state index in [9.17, 15) is 0 Å². The second-order valence-electron chi connectivity index (χ2n) is 5.41. The van der Waals surface area contributed by atoms with Gasteiger partial charge >= 0.3 is 0 Å². The lowest BCUT2D eigenvalue weighted by Gasteiger charge is -2.33. The van der Waals surface area contributed by atoms with Crippen molar-refractivity contribution in [2.24, 2.45) is 5.92 Å². The van der Waals surface area contributed by atoms with E-state index in [1.54, 1.807) is 0 Å². The highest BCUT2D eigenvalue weighted by Gasteiger charge is 2.34. The van der Waals surface area contributed by atoms with Crippen LogP contribution in [0.1, 0.15) is 37.7 Å². The summed E-state index contributed by atoms with van der Waals surface area (Å²) in [4.78, 5) is 0. The fraction of sp³-hybridized carbons (Fsp3) is 0.600. The van der Waals surface area contributed by atoms with Crippen molar-refractivity contribution in [2.75, 3.05) is 10.7 Å². The molecular weight excluding hydrogens is 375 g/mol. The molecule has 18 heavy (non-hydrogen) atoms. The van der Waals surface area contributed by atoms with E-state index < -0.39 is 0 Å². The molecule has 2 rings (SSSR count). The van der Waals surface area contributed by atoms with Crippen LogP contribution in [-0.4, -0.2) is 10.7 Å². The number of hydrogen-bond acceptors (Lipinski definition) is 0. The van der Waals surface area contributed by atoms with Crippen LogP contribution in [0.5, 0.6) is 0 Å². The van der Waals surface area contributed by atoms with Gasteiger partial charge in [0, 0.05) is 21.1 Å². The first-order valence-electron chi connectivity index (χ1n) is 6.58. The highest BCUT2D eigenvalue weighted by molar-refractivity contribution is 9.09. The van der Waals surface area contributed by atoms with E-state index in [4.69, 9.17) is 11.6 Å². The smallest absolute Gasteiger partial charge is 0.0406 e. The van der Waals surface area contributed by atoms with Crippen molar-refractivity contribution in [1.82, 2.24) is 0 Å². The van der Waals surface area contributed by atoms with Crippen molar-refractivity contribution in [3.8, 4) is 0 Å². The lowest BCUT2D eigenvalue weighted by molar-refractivity contribution is 0.379. The molecule has 100 valence electrons. The Kier molecular flexibility index (Phi) is 5.59. The van der Waals surface area contributed by atoms with E-state index in [0.29, 0.717) is 0 Å². The molecule has 0 nitrogen and oxygen atoms in total. The molecule has 0 saturated heterocycles. The Hall–Kier alpha value is 0.470. The normalized spacial score (nSPS) is 17.3. The predicted octanol–water partition coefficient (Wildman–Crippen LogP) is 5.95. The molecule has 0 unspecified atom stereocenters. The largest absolute Gasteiger partial charge is 0.0918 e. The highest BCUT2D eigenvalue weighted by atomic mass is 79.9. The molecule has 1 aliphatic rings. The Morgan fingerprint density at radius 3 is 2.11 bits per heavy atom. The molecule has 0 amide bonds. The molecule has 0 heterocycles. The van der Waals surface area contributed by atoms with E-state index in [0.717, 1.165) is 21.6 Å². The summed E-state index contributed by atoms with van der Waals surface area (Å²) in [6.45, 7) is 0. The minimum atomic E-state index is 0.208. The second kappa shape index (κ2) is 6.76. The third-order valence-corrected chi connectivity index (χ3v) is 6.52. The second-order valence-corrected chi connectivity index (χ2v) is 6.97. The standard InChI is InChI=1S/C15H19Br2Cl/c16-10-15(11-17,9-12-3-1-2-4-12)13-5-7-14(18)8-6-13/h5-8,12H,1-4,9-11H2. The van der Waals surface area contributed by atoms with Crippen LogP contribution in [-0.2, 0) is 5.41 Å². The topological polar surface area (TPSA) is 0 Å². The molecule has 0 N–H and O–H groups in total. The Balaban J connectivity index is 2.21. The van der Waals surface area contributed by atoms with E-state index in [2.05, 4.69) is 44.0 Å². The Morgan fingerprint density at radius 1 is 1.06 bits per heavy atom. The van der Waals surface area contributed by atoms with Gasteiger partial charge in [0.2, 0.25) is 0 Å². The molecule has 0 radical (unpaired) electrons. The van der Waals surface area contributed by atoms with Gasteiger partial charge in [0.1, 0.15) is 0 Å². The fourth-order valence-corrected chi connectivity index (χ4v) is 5.15. The van der Waals surface area contributed by atoms with Gasteiger partial charge in [0.15, 0.2) is 0 Å².